The van der Waals surface area contributed by atoms with E-state index in [9.17, 15) is 9.90 Å². The van der Waals surface area contributed by atoms with E-state index >= 15 is 0 Å². The van der Waals surface area contributed by atoms with Crippen LogP contribution in [0.4, 0.5) is 5.69 Å². The Kier molecular flexibility index (Phi) is 4.37. The van der Waals surface area contributed by atoms with Crippen molar-refractivity contribution in [3.63, 3.8) is 0 Å². The third-order valence-electron chi connectivity index (χ3n) is 6.09. The maximum atomic E-state index is 11.9. The fourth-order valence-electron chi connectivity index (χ4n) is 4.81. The number of para-hydroxylation sites is 1. The molecule has 4 atom stereocenters. The van der Waals surface area contributed by atoms with Gasteiger partial charge in [0.15, 0.2) is 0 Å². The molecule has 26 heavy (non-hydrogen) atoms. The van der Waals surface area contributed by atoms with Crippen LogP contribution < -0.4 is 5.01 Å². The Hall–Kier alpha value is -2.46. The Morgan fingerprint density at radius 1 is 1.08 bits per heavy atom. The van der Waals surface area contributed by atoms with Crippen molar-refractivity contribution in [3.8, 4) is 0 Å². The van der Waals surface area contributed by atoms with Gasteiger partial charge in [0.05, 0.1) is 23.8 Å². The van der Waals surface area contributed by atoms with Gasteiger partial charge in [0.1, 0.15) is 6.29 Å². The van der Waals surface area contributed by atoms with Crippen LogP contribution in [0.2, 0.25) is 0 Å². The highest BCUT2D eigenvalue weighted by molar-refractivity contribution is 5.94. The van der Waals surface area contributed by atoms with E-state index in [-0.39, 0.29) is 11.8 Å². The molecule has 4 heteroatoms. The second kappa shape index (κ2) is 6.69. The van der Waals surface area contributed by atoms with Gasteiger partial charge in [-0.15, -0.1) is 0 Å². The number of carbonyl (C=O) groups excluding carboxylic acids is 1. The zero-order chi connectivity index (χ0) is 18.1. The molecule has 0 aromatic heterocycles. The van der Waals surface area contributed by atoms with Crippen molar-refractivity contribution in [2.24, 2.45) is 16.4 Å². The van der Waals surface area contributed by atoms with Gasteiger partial charge in [-0.2, -0.15) is 5.10 Å². The molecule has 1 spiro atoms. The number of aldehydes is 1. The summed E-state index contributed by atoms with van der Waals surface area (Å²) in [4.78, 5) is 11.9. The number of carbonyl (C=O) groups is 1. The van der Waals surface area contributed by atoms with Crippen LogP contribution in [0.3, 0.4) is 0 Å². The van der Waals surface area contributed by atoms with Crippen LogP contribution in [0, 0.1) is 11.3 Å². The van der Waals surface area contributed by atoms with Crippen molar-refractivity contribution in [3.05, 3.63) is 66.2 Å². The third-order valence-corrected chi connectivity index (χ3v) is 6.09. The van der Waals surface area contributed by atoms with Gasteiger partial charge in [-0.25, -0.2) is 0 Å². The lowest BCUT2D eigenvalue weighted by molar-refractivity contribution is -0.115. The van der Waals surface area contributed by atoms with E-state index in [1.165, 1.54) is 0 Å². The van der Waals surface area contributed by atoms with E-state index in [1.807, 2.05) is 60.5 Å². The summed E-state index contributed by atoms with van der Waals surface area (Å²) in [7, 11) is 0. The predicted octanol–water partition coefficient (Wildman–Crippen LogP) is 3.62. The van der Waals surface area contributed by atoms with E-state index in [2.05, 4.69) is 12.1 Å². The Morgan fingerprint density at radius 3 is 2.38 bits per heavy atom. The average molecular weight is 348 g/mol. The summed E-state index contributed by atoms with van der Waals surface area (Å²) >= 11 is 0. The van der Waals surface area contributed by atoms with Gasteiger partial charge in [0.25, 0.3) is 0 Å². The van der Waals surface area contributed by atoms with E-state index in [1.54, 1.807) is 0 Å². The van der Waals surface area contributed by atoms with Gasteiger partial charge in [-0.3, -0.25) is 5.01 Å². The molecule has 0 radical (unpaired) electrons. The molecule has 134 valence electrons. The first kappa shape index (κ1) is 17.0. The molecule has 2 aromatic rings. The normalized spacial score (nSPS) is 31.1. The SMILES string of the molecule is CC1=NN(c2ccccc2)CC12[C@H](c1ccccc1)[C@@H](C=O)CC[C@@H]2O. The average Bonchev–Trinajstić information content (AvgIpc) is 3.03. The number of nitrogens with zero attached hydrogens (tertiary/aromatic N) is 2. The molecule has 1 heterocycles. The third kappa shape index (κ3) is 2.56. The van der Waals surface area contributed by atoms with E-state index < -0.39 is 11.5 Å². The lowest BCUT2D eigenvalue weighted by atomic mass is 9.56. The summed E-state index contributed by atoms with van der Waals surface area (Å²) in [6.07, 6.45) is 1.90. The monoisotopic (exact) mass is 348 g/mol. The van der Waals surface area contributed by atoms with Gasteiger partial charge in [0.2, 0.25) is 0 Å². The highest BCUT2D eigenvalue weighted by atomic mass is 16.3. The molecule has 1 aliphatic carbocycles. The van der Waals surface area contributed by atoms with Gasteiger partial charge >= 0.3 is 0 Å². The smallest absolute Gasteiger partial charge is 0.123 e. The van der Waals surface area contributed by atoms with Crippen molar-refractivity contribution < 1.29 is 9.90 Å². The Balaban J connectivity index is 1.80. The van der Waals surface area contributed by atoms with E-state index in [0.29, 0.717) is 19.4 Å². The van der Waals surface area contributed by atoms with Gasteiger partial charge in [-0.1, -0.05) is 48.5 Å². The molecular weight excluding hydrogens is 324 g/mol. The lowest BCUT2D eigenvalue weighted by Crippen LogP contribution is -2.54. The number of hydrazone groups is 1. The van der Waals surface area contributed by atoms with Gasteiger partial charge < -0.3 is 9.90 Å². The van der Waals surface area contributed by atoms with Gasteiger partial charge in [-0.05, 0) is 37.5 Å². The fourth-order valence-corrected chi connectivity index (χ4v) is 4.81. The first-order valence-corrected chi connectivity index (χ1v) is 9.23. The summed E-state index contributed by atoms with van der Waals surface area (Å²) in [5, 5.41) is 17.9. The Labute approximate surface area is 154 Å². The number of rotatable bonds is 3. The number of hydrogen-bond donors (Lipinski definition) is 1. The molecule has 2 aliphatic rings. The van der Waals surface area contributed by atoms with Crippen LogP contribution in [0.5, 0.6) is 0 Å². The molecule has 0 amide bonds. The first-order chi connectivity index (χ1) is 12.7. The van der Waals surface area contributed by atoms with E-state index in [4.69, 9.17) is 5.10 Å². The first-order valence-electron chi connectivity index (χ1n) is 9.23. The molecule has 0 bridgehead atoms. The number of anilines is 1. The summed E-state index contributed by atoms with van der Waals surface area (Å²) in [5.41, 5.74) is 2.49. The van der Waals surface area contributed by atoms with Crippen LogP contribution in [-0.2, 0) is 4.79 Å². The summed E-state index contributed by atoms with van der Waals surface area (Å²) < 4.78 is 0. The van der Waals surface area contributed by atoms with Crippen molar-refractivity contribution >= 4 is 17.7 Å². The van der Waals surface area contributed by atoms with Gasteiger partial charge in [0, 0.05) is 17.5 Å². The standard InChI is InChI=1S/C22H24N2O2/c1-16-22(15-24(23-16)19-10-6-3-7-11-19)20(26)13-12-18(14-25)21(22)17-8-4-2-5-9-17/h2-11,14,18,20-21,26H,12-13,15H2,1H3/t18-,20+,21-,22?/m1/s1. The quantitative estimate of drug-likeness (QED) is 0.862. The summed E-state index contributed by atoms with van der Waals surface area (Å²) in [6, 6.07) is 20.1. The Morgan fingerprint density at radius 2 is 1.73 bits per heavy atom. The summed E-state index contributed by atoms with van der Waals surface area (Å²) in [6.45, 7) is 2.59. The lowest BCUT2D eigenvalue weighted by Gasteiger charge is -2.48. The van der Waals surface area contributed by atoms with Crippen LogP contribution in [-0.4, -0.2) is 29.8 Å². The van der Waals surface area contributed by atoms with E-state index in [0.717, 1.165) is 23.2 Å². The largest absolute Gasteiger partial charge is 0.392 e. The maximum absolute atomic E-state index is 11.9. The molecule has 1 fully saturated rings. The van der Waals surface area contributed by atoms with Crippen LogP contribution >= 0.6 is 0 Å². The number of hydrogen-bond acceptors (Lipinski definition) is 4. The number of aliphatic hydroxyl groups is 1. The zero-order valence-corrected chi connectivity index (χ0v) is 15.0. The number of benzene rings is 2. The minimum Gasteiger partial charge on any atom is -0.392 e. The zero-order valence-electron chi connectivity index (χ0n) is 15.0. The van der Waals surface area contributed by atoms with Crippen molar-refractivity contribution in [2.75, 3.05) is 11.6 Å². The van der Waals surface area contributed by atoms with Crippen molar-refractivity contribution in [2.45, 2.75) is 31.8 Å². The van der Waals surface area contributed by atoms with Crippen LogP contribution in [0.25, 0.3) is 0 Å². The fraction of sp³-hybridized carbons (Fsp3) is 0.364. The highest BCUT2D eigenvalue weighted by Gasteiger charge is 2.57. The molecule has 2 aromatic carbocycles. The maximum Gasteiger partial charge on any atom is 0.123 e. The van der Waals surface area contributed by atoms with Crippen molar-refractivity contribution in [1.29, 1.82) is 0 Å². The molecular formula is C22H24N2O2. The molecule has 1 N–H and O–H groups in total. The minimum absolute atomic E-state index is 0.0672. The Bertz CT molecular complexity index is 805. The molecule has 1 saturated carbocycles. The predicted molar refractivity (Wildman–Crippen MR) is 103 cm³/mol. The summed E-state index contributed by atoms with van der Waals surface area (Å²) in [5.74, 6) is -0.177. The molecule has 0 saturated heterocycles. The van der Waals surface area contributed by atoms with Crippen LogP contribution in [0.1, 0.15) is 31.2 Å². The van der Waals surface area contributed by atoms with Crippen molar-refractivity contribution in [1.82, 2.24) is 0 Å². The highest BCUT2D eigenvalue weighted by Crippen LogP contribution is 2.53. The van der Waals surface area contributed by atoms with Crippen LogP contribution in [0.15, 0.2) is 65.8 Å². The molecule has 4 rings (SSSR count). The minimum atomic E-state index is -0.541. The topological polar surface area (TPSA) is 52.9 Å². The number of aliphatic hydroxyl groups excluding tert-OH is 1. The molecule has 1 unspecified atom stereocenters. The second-order valence-electron chi connectivity index (χ2n) is 7.40. The second-order valence-corrected chi connectivity index (χ2v) is 7.40. The molecule has 4 nitrogen and oxygen atoms in total. The molecule has 1 aliphatic heterocycles.